The maximum Gasteiger partial charge on any atom is 0.146 e. The molecule has 0 heterocycles. The van der Waals surface area contributed by atoms with E-state index in [0.717, 1.165) is 28.0 Å². The Morgan fingerprint density at radius 3 is 2.35 bits per heavy atom. The van der Waals surface area contributed by atoms with Crippen LogP contribution in [-0.4, -0.2) is 0 Å². The zero-order valence-corrected chi connectivity index (χ0v) is 12.9. The van der Waals surface area contributed by atoms with Crippen LogP contribution in [0.3, 0.4) is 0 Å². The minimum Gasteiger partial charge on any atom is -0.489 e. The Balaban J connectivity index is 1.76. The van der Waals surface area contributed by atoms with E-state index in [0.29, 0.717) is 6.61 Å². The number of aryl methyl sites for hydroxylation is 1. The van der Waals surface area contributed by atoms with E-state index in [1.54, 1.807) is 6.07 Å². The van der Waals surface area contributed by atoms with Crippen LogP contribution in [0.1, 0.15) is 11.1 Å². The van der Waals surface area contributed by atoms with Crippen LogP contribution >= 0.6 is 0 Å². The first-order valence-corrected chi connectivity index (χ1v) is 7.46. The molecule has 116 valence electrons. The van der Waals surface area contributed by atoms with Crippen LogP contribution in [0.15, 0.2) is 66.7 Å². The summed E-state index contributed by atoms with van der Waals surface area (Å²) in [5, 5.41) is 0. The minimum atomic E-state index is -0.380. The summed E-state index contributed by atoms with van der Waals surface area (Å²) in [4.78, 5) is 0. The Hall–Kier alpha value is -2.81. The summed E-state index contributed by atoms with van der Waals surface area (Å²) in [5.74, 6) is 0.416. The second-order valence-electron chi connectivity index (χ2n) is 5.49. The summed E-state index contributed by atoms with van der Waals surface area (Å²) < 4.78 is 19.2. The quantitative estimate of drug-likeness (QED) is 0.691. The molecule has 2 nitrogen and oxygen atoms in total. The number of rotatable bonds is 4. The van der Waals surface area contributed by atoms with Crippen molar-refractivity contribution < 1.29 is 9.13 Å². The van der Waals surface area contributed by atoms with Gasteiger partial charge in [-0.2, -0.15) is 0 Å². The van der Waals surface area contributed by atoms with Gasteiger partial charge in [-0.05, 0) is 53.4 Å². The number of hydrogen-bond donors (Lipinski definition) is 1. The van der Waals surface area contributed by atoms with E-state index in [1.165, 1.54) is 6.07 Å². The molecule has 0 saturated heterocycles. The van der Waals surface area contributed by atoms with Gasteiger partial charge >= 0.3 is 0 Å². The van der Waals surface area contributed by atoms with Crippen LogP contribution in [-0.2, 0) is 6.61 Å². The van der Waals surface area contributed by atoms with Gasteiger partial charge in [0.2, 0.25) is 0 Å². The first-order valence-electron chi connectivity index (χ1n) is 7.46. The summed E-state index contributed by atoms with van der Waals surface area (Å²) in [6, 6.07) is 20.9. The standard InChI is InChI=1S/C20H18FNO/c1-14-11-19(21)20(22)12-18(14)16-7-9-17(10-8-16)23-13-15-5-3-2-4-6-15/h2-12H,13,22H2,1H3. The molecule has 3 aromatic rings. The van der Waals surface area contributed by atoms with E-state index in [2.05, 4.69) is 0 Å². The summed E-state index contributed by atoms with van der Waals surface area (Å²) >= 11 is 0. The fraction of sp³-hybridized carbons (Fsp3) is 0.100. The lowest BCUT2D eigenvalue weighted by molar-refractivity contribution is 0.306. The van der Waals surface area contributed by atoms with Crippen LogP contribution in [0, 0.1) is 12.7 Å². The predicted octanol–water partition coefficient (Wildman–Crippen LogP) is 4.96. The first-order chi connectivity index (χ1) is 11.1. The van der Waals surface area contributed by atoms with Gasteiger partial charge < -0.3 is 10.5 Å². The molecule has 3 rings (SSSR count). The minimum absolute atomic E-state index is 0.162. The van der Waals surface area contributed by atoms with Crippen LogP contribution in [0.4, 0.5) is 10.1 Å². The number of benzene rings is 3. The molecule has 23 heavy (non-hydrogen) atoms. The average molecular weight is 307 g/mol. The molecule has 0 aliphatic rings. The van der Waals surface area contributed by atoms with Gasteiger partial charge in [-0.15, -0.1) is 0 Å². The van der Waals surface area contributed by atoms with Gasteiger partial charge in [-0.1, -0.05) is 42.5 Å². The van der Waals surface area contributed by atoms with Crippen LogP contribution in [0.25, 0.3) is 11.1 Å². The lowest BCUT2D eigenvalue weighted by atomic mass is 9.99. The monoisotopic (exact) mass is 307 g/mol. The SMILES string of the molecule is Cc1cc(F)c(N)cc1-c1ccc(OCc2ccccc2)cc1. The van der Waals surface area contributed by atoms with Crippen molar-refractivity contribution in [2.45, 2.75) is 13.5 Å². The highest BCUT2D eigenvalue weighted by Crippen LogP contribution is 2.29. The maximum absolute atomic E-state index is 13.5. The molecule has 0 spiro atoms. The zero-order chi connectivity index (χ0) is 16.2. The van der Waals surface area contributed by atoms with Gasteiger partial charge in [0.25, 0.3) is 0 Å². The summed E-state index contributed by atoms with van der Waals surface area (Å²) in [6.07, 6.45) is 0. The highest BCUT2D eigenvalue weighted by Gasteiger charge is 2.07. The molecule has 0 radical (unpaired) electrons. The fourth-order valence-electron chi connectivity index (χ4n) is 2.47. The van der Waals surface area contributed by atoms with Crippen molar-refractivity contribution in [3.05, 3.63) is 83.7 Å². The number of anilines is 1. The molecule has 0 aliphatic heterocycles. The van der Waals surface area contributed by atoms with Gasteiger partial charge in [-0.3, -0.25) is 0 Å². The Bertz CT molecular complexity index is 798. The second kappa shape index (κ2) is 6.53. The molecular formula is C20H18FNO. The van der Waals surface area contributed by atoms with Gasteiger partial charge in [0.05, 0.1) is 5.69 Å². The summed E-state index contributed by atoms with van der Waals surface area (Å²) in [7, 11) is 0. The third-order valence-electron chi connectivity index (χ3n) is 3.76. The molecule has 0 aromatic heterocycles. The maximum atomic E-state index is 13.5. The van der Waals surface area contributed by atoms with Gasteiger partial charge in [0.1, 0.15) is 18.2 Å². The number of nitrogen functional groups attached to an aromatic ring is 1. The molecular weight excluding hydrogens is 289 g/mol. The van der Waals surface area contributed by atoms with E-state index >= 15 is 0 Å². The van der Waals surface area contributed by atoms with E-state index < -0.39 is 0 Å². The van der Waals surface area contributed by atoms with Gasteiger partial charge in [0, 0.05) is 0 Å². The molecule has 2 N–H and O–H groups in total. The molecule has 0 aliphatic carbocycles. The highest BCUT2D eigenvalue weighted by atomic mass is 19.1. The van der Waals surface area contributed by atoms with Crippen molar-refractivity contribution in [2.75, 3.05) is 5.73 Å². The largest absolute Gasteiger partial charge is 0.489 e. The smallest absolute Gasteiger partial charge is 0.146 e. The van der Waals surface area contributed by atoms with Crippen molar-refractivity contribution in [3.63, 3.8) is 0 Å². The van der Waals surface area contributed by atoms with Crippen molar-refractivity contribution >= 4 is 5.69 Å². The highest BCUT2D eigenvalue weighted by molar-refractivity contribution is 5.71. The first kappa shape index (κ1) is 15.1. The molecule has 3 heteroatoms. The number of nitrogens with two attached hydrogens (primary N) is 1. The van der Waals surface area contributed by atoms with Crippen molar-refractivity contribution in [2.24, 2.45) is 0 Å². The summed E-state index contributed by atoms with van der Waals surface area (Å²) in [6.45, 7) is 2.40. The van der Waals surface area contributed by atoms with Gasteiger partial charge in [-0.25, -0.2) is 4.39 Å². The average Bonchev–Trinajstić information content (AvgIpc) is 2.58. The molecule has 0 atom stereocenters. The number of ether oxygens (including phenoxy) is 1. The fourth-order valence-corrected chi connectivity index (χ4v) is 2.47. The Morgan fingerprint density at radius 1 is 0.957 bits per heavy atom. The van der Waals surface area contributed by atoms with Crippen molar-refractivity contribution in [1.29, 1.82) is 0 Å². The van der Waals surface area contributed by atoms with E-state index in [-0.39, 0.29) is 11.5 Å². The van der Waals surface area contributed by atoms with E-state index in [4.69, 9.17) is 10.5 Å². The van der Waals surface area contributed by atoms with Crippen LogP contribution in [0.2, 0.25) is 0 Å². The number of hydrogen-bond acceptors (Lipinski definition) is 2. The molecule has 0 fully saturated rings. The van der Waals surface area contributed by atoms with Crippen molar-refractivity contribution in [3.8, 4) is 16.9 Å². The van der Waals surface area contributed by atoms with Crippen LogP contribution < -0.4 is 10.5 Å². The normalized spacial score (nSPS) is 10.5. The summed E-state index contributed by atoms with van der Waals surface area (Å²) in [5.41, 5.74) is 9.73. The predicted molar refractivity (Wildman–Crippen MR) is 91.8 cm³/mol. The third kappa shape index (κ3) is 3.51. The molecule has 0 unspecified atom stereocenters. The van der Waals surface area contributed by atoms with E-state index in [1.807, 2.05) is 61.5 Å². The Morgan fingerprint density at radius 2 is 1.65 bits per heavy atom. The number of halogens is 1. The topological polar surface area (TPSA) is 35.2 Å². The Labute approximate surface area is 135 Å². The Kier molecular flexibility index (Phi) is 4.29. The van der Waals surface area contributed by atoms with E-state index in [9.17, 15) is 4.39 Å². The van der Waals surface area contributed by atoms with Crippen molar-refractivity contribution in [1.82, 2.24) is 0 Å². The lowest BCUT2D eigenvalue weighted by Crippen LogP contribution is -1.96. The lowest BCUT2D eigenvalue weighted by Gasteiger charge is -2.10. The molecule has 3 aromatic carbocycles. The molecule has 0 bridgehead atoms. The second-order valence-corrected chi connectivity index (χ2v) is 5.49. The van der Waals surface area contributed by atoms with Crippen LogP contribution in [0.5, 0.6) is 5.75 Å². The van der Waals surface area contributed by atoms with Gasteiger partial charge in [0.15, 0.2) is 0 Å². The zero-order valence-electron chi connectivity index (χ0n) is 12.9. The molecule has 0 saturated carbocycles. The molecule has 0 amide bonds. The third-order valence-corrected chi connectivity index (χ3v) is 3.76.